The standard InChI is InChI=1S/C28H28ClN3O/c29-23-13-9-12-22(18-23)28-30-25-16-7-8-17-26(25)32(28)20-27(33)31(24-14-5-2-6-15-24)19-21-10-3-1-4-11-21/h1,3-4,7-13,16-18,24H,2,5-6,14-15,19-20H2. The molecule has 4 aromatic rings. The quantitative estimate of drug-likeness (QED) is 0.322. The van der Waals surface area contributed by atoms with Gasteiger partial charge < -0.3 is 9.47 Å². The lowest BCUT2D eigenvalue weighted by Crippen LogP contribution is -2.42. The molecule has 5 rings (SSSR count). The highest BCUT2D eigenvalue weighted by Crippen LogP contribution is 2.29. The molecule has 1 aliphatic rings. The zero-order chi connectivity index (χ0) is 22.6. The Labute approximate surface area is 199 Å². The zero-order valence-electron chi connectivity index (χ0n) is 18.7. The van der Waals surface area contributed by atoms with E-state index in [2.05, 4.69) is 17.0 Å². The minimum Gasteiger partial charge on any atom is -0.334 e. The number of benzene rings is 3. The summed E-state index contributed by atoms with van der Waals surface area (Å²) in [4.78, 5) is 20.8. The van der Waals surface area contributed by atoms with Crippen molar-refractivity contribution in [2.75, 3.05) is 0 Å². The Balaban J connectivity index is 1.51. The van der Waals surface area contributed by atoms with Gasteiger partial charge in [-0.05, 0) is 42.7 Å². The first-order valence-corrected chi connectivity index (χ1v) is 12.1. The molecule has 0 aliphatic heterocycles. The van der Waals surface area contributed by atoms with Gasteiger partial charge in [-0.2, -0.15) is 0 Å². The fourth-order valence-corrected chi connectivity index (χ4v) is 5.09. The van der Waals surface area contributed by atoms with E-state index < -0.39 is 0 Å². The monoisotopic (exact) mass is 457 g/mol. The molecule has 3 aromatic carbocycles. The highest BCUT2D eigenvalue weighted by molar-refractivity contribution is 6.30. The summed E-state index contributed by atoms with van der Waals surface area (Å²) >= 11 is 6.28. The lowest BCUT2D eigenvalue weighted by atomic mass is 9.93. The number of halogens is 1. The first-order chi connectivity index (χ1) is 16.2. The van der Waals surface area contributed by atoms with Gasteiger partial charge in [0.05, 0.1) is 11.0 Å². The molecule has 1 saturated carbocycles. The van der Waals surface area contributed by atoms with Gasteiger partial charge in [-0.15, -0.1) is 0 Å². The van der Waals surface area contributed by atoms with Crippen LogP contribution < -0.4 is 0 Å². The van der Waals surface area contributed by atoms with Crippen LogP contribution in [0.3, 0.4) is 0 Å². The van der Waals surface area contributed by atoms with E-state index in [9.17, 15) is 4.79 Å². The smallest absolute Gasteiger partial charge is 0.243 e. The number of hydrogen-bond donors (Lipinski definition) is 0. The van der Waals surface area contributed by atoms with Crippen molar-refractivity contribution in [3.05, 3.63) is 89.4 Å². The maximum Gasteiger partial charge on any atom is 0.243 e. The van der Waals surface area contributed by atoms with E-state index in [0.29, 0.717) is 11.6 Å². The first kappa shape index (κ1) is 21.7. The number of hydrogen-bond acceptors (Lipinski definition) is 2. The van der Waals surface area contributed by atoms with Crippen LogP contribution in [0.1, 0.15) is 37.7 Å². The molecular formula is C28H28ClN3O. The van der Waals surface area contributed by atoms with E-state index in [1.807, 2.05) is 71.3 Å². The molecule has 1 aromatic heterocycles. The molecule has 33 heavy (non-hydrogen) atoms. The summed E-state index contributed by atoms with van der Waals surface area (Å²) in [5.41, 5.74) is 3.93. The summed E-state index contributed by atoms with van der Waals surface area (Å²) in [6.07, 6.45) is 5.78. The molecule has 0 atom stereocenters. The number of nitrogens with zero attached hydrogens (tertiary/aromatic N) is 3. The third kappa shape index (κ3) is 4.81. The largest absolute Gasteiger partial charge is 0.334 e. The molecule has 0 saturated heterocycles. The molecule has 5 heteroatoms. The minimum absolute atomic E-state index is 0.136. The Hall–Kier alpha value is -3.11. The molecule has 4 nitrogen and oxygen atoms in total. The molecule has 1 heterocycles. The molecular weight excluding hydrogens is 430 g/mol. The molecule has 0 bridgehead atoms. The van der Waals surface area contributed by atoms with Crippen LogP contribution in [0.4, 0.5) is 0 Å². The van der Waals surface area contributed by atoms with E-state index in [4.69, 9.17) is 16.6 Å². The fourth-order valence-electron chi connectivity index (χ4n) is 4.90. The molecule has 1 amide bonds. The van der Waals surface area contributed by atoms with Crippen molar-refractivity contribution in [1.82, 2.24) is 14.5 Å². The average molecular weight is 458 g/mol. The van der Waals surface area contributed by atoms with Gasteiger partial charge in [-0.1, -0.05) is 85.5 Å². The van der Waals surface area contributed by atoms with Gasteiger partial charge in [0, 0.05) is 23.2 Å². The fraction of sp³-hybridized carbons (Fsp3) is 0.286. The van der Waals surface area contributed by atoms with Crippen molar-refractivity contribution in [2.24, 2.45) is 0 Å². The Morgan fingerprint density at radius 2 is 1.70 bits per heavy atom. The first-order valence-electron chi connectivity index (χ1n) is 11.7. The van der Waals surface area contributed by atoms with Crippen LogP contribution in [-0.4, -0.2) is 26.4 Å². The van der Waals surface area contributed by atoms with E-state index >= 15 is 0 Å². The van der Waals surface area contributed by atoms with Crippen LogP contribution in [-0.2, 0) is 17.9 Å². The summed E-state index contributed by atoms with van der Waals surface area (Å²) < 4.78 is 2.05. The Morgan fingerprint density at radius 3 is 2.48 bits per heavy atom. The molecule has 0 spiro atoms. The van der Waals surface area contributed by atoms with Crippen molar-refractivity contribution in [1.29, 1.82) is 0 Å². The predicted molar refractivity (Wildman–Crippen MR) is 134 cm³/mol. The van der Waals surface area contributed by atoms with E-state index in [0.717, 1.165) is 35.3 Å². The number of carbonyl (C=O) groups excluding carboxylic acids is 1. The zero-order valence-corrected chi connectivity index (χ0v) is 19.4. The molecule has 1 aliphatic carbocycles. The van der Waals surface area contributed by atoms with Crippen LogP contribution >= 0.6 is 11.6 Å². The van der Waals surface area contributed by atoms with Crippen molar-refractivity contribution in [3.63, 3.8) is 0 Å². The number of para-hydroxylation sites is 2. The lowest BCUT2D eigenvalue weighted by molar-refractivity contribution is -0.135. The van der Waals surface area contributed by atoms with Crippen LogP contribution in [0.15, 0.2) is 78.9 Å². The topological polar surface area (TPSA) is 38.1 Å². The van der Waals surface area contributed by atoms with E-state index in [-0.39, 0.29) is 18.5 Å². The van der Waals surface area contributed by atoms with Crippen molar-refractivity contribution in [2.45, 2.75) is 51.2 Å². The van der Waals surface area contributed by atoms with Gasteiger partial charge in [-0.25, -0.2) is 4.98 Å². The second-order valence-electron chi connectivity index (χ2n) is 8.82. The van der Waals surface area contributed by atoms with Crippen LogP contribution in [0.2, 0.25) is 5.02 Å². The Kier molecular flexibility index (Phi) is 6.45. The SMILES string of the molecule is O=C(Cn1c(-c2cccc(Cl)c2)nc2ccccc21)N(Cc1ccccc1)C1CCCCC1. The van der Waals surface area contributed by atoms with Gasteiger partial charge in [-0.3, -0.25) is 4.79 Å². The molecule has 1 fully saturated rings. The van der Waals surface area contributed by atoms with E-state index in [1.54, 1.807) is 0 Å². The third-order valence-electron chi connectivity index (χ3n) is 6.56. The normalized spacial score (nSPS) is 14.5. The average Bonchev–Trinajstić information content (AvgIpc) is 3.22. The van der Waals surface area contributed by atoms with Gasteiger partial charge in [0.15, 0.2) is 0 Å². The summed E-state index contributed by atoms with van der Waals surface area (Å²) in [5.74, 6) is 0.910. The van der Waals surface area contributed by atoms with Gasteiger partial charge in [0.1, 0.15) is 12.4 Å². The summed E-state index contributed by atoms with van der Waals surface area (Å²) in [7, 11) is 0. The van der Waals surface area contributed by atoms with Crippen LogP contribution in [0.5, 0.6) is 0 Å². The maximum absolute atomic E-state index is 13.9. The number of rotatable bonds is 6. The van der Waals surface area contributed by atoms with E-state index in [1.165, 1.54) is 24.8 Å². The van der Waals surface area contributed by atoms with Gasteiger partial charge >= 0.3 is 0 Å². The highest BCUT2D eigenvalue weighted by atomic mass is 35.5. The number of carbonyl (C=O) groups is 1. The third-order valence-corrected chi connectivity index (χ3v) is 6.80. The molecule has 0 N–H and O–H groups in total. The Bertz CT molecular complexity index is 1240. The number of imidazole rings is 1. The number of amides is 1. The summed E-state index contributed by atoms with van der Waals surface area (Å²) in [5, 5.41) is 0.658. The summed E-state index contributed by atoms with van der Waals surface area (Å²) in [6, 6.07) is 26.3. The highest BCUT2D eigenvalue weighted by Gasteiger charge is 2.27. The minimum atomic E-state index is 0.136. The molecule has 168 valence electrons. The number of fused-ring (bicyclic) bond motifs is 1. The van der Waals surface area contributed by atoms with Gasteiger partial charge in [0.2, 0.25) is 5.91 Å². The van der Waals surface area contributed by atoms with Crippen LogP contribution in [0, 0.1) is 0 Å². The maximum atomic E-state index is 13.9. The second-order valence-corrected chi connectivity index (χ2v) is 9.26. The van der Waals surface area contributed by atoms with Crippen molar-refractivity contribution < 1.29 is 4.79 Å². The molecule has 0 radical (unpaired) electrons. The Morgan fingerprint density at radius 1 is 0.939 bits per heavy atom. The second kappa shape index (κ2) is 9.80. The molecule has 0 unspecified atom stereocenters. The van der Waals surface area contributed by atoms with Crippen molar-refractivity contribution in [3.8, 4) is 11.4 Å². The van der Waals surface area contributed by atoms with Crippen LogP contribution in [0.25, 0.3) is 22.4 Å². The number of aromatic nitrogens is 2. The van der Waals surface area contributed by atoms with Gasteiger partial charge in [0.25, 0.3) is 0 Å². The predicted octanol–water partition coefficient (Wildman–Crippen LogP) is 6.72. The summed E-state index contributed by atoms with van der Waals surface area (Å²) in [6.45, 7) is 0.898. The lowest BCUT2D eigenvalue weighted by Gasteiger charge is -2.35. The van der Waals surface area contributed by atoms with Crippen molar-refractivity contribution >= 4 is 28.5 Å².